The topological polar surface area (TPSA) is 90.3 Å². The molecular weight excluding hydrogens is 461 g/mol. The predicted molar refractivity (Wildman–Crippen MR) is 123 cm³/mol. The van der Waals surface area contributed by atoms with Crippen molar-refractivity contribution in [3.05, 3.63) is 87.9 Å². The zero-order valence-electron chi connectivity index (χ0n) is 17.6. The van der Waals surface area contributed by atoms with Gasteiger partial charge in [-0.1, -0.05) is 18.2 Å². The number of nitrogens with one attached hydrogen (secondary N) is 1. The van der Waals surface area contributed by atoms with Crippen molar-refractivity contribution in [2.45, 2.75) is 23.8 Å². The summed E-state index contributed by atoms with van der Waals surface area (Å²) in [6, 6.07) is 17.3. The second-order valence-electron chi connectivity index (χ2n) is 7.82. The van der Waals surface area contributed by atoms with Gasteiger partial charge in [-0.25, -0.2) is 12.8 Å². The van der Waals surface area contributed by atoms with Crippen molar-refractivity contribution in [2.75, 3.05) is 13.1 Å². The second kappa shape index (κ2) is 9.83. The molecule has 1 aromatic heterocycles. The first-order valence-electron chi connectivity index (χ1n) is 10.5. The predicted octanol–water partition coefficient (Wildman–Crippen LogP) is 4.07. The van der Waals surface area contributed by atoms with E-state index in [0.717, 1.165) is 10.4 Å². The fraction of sp³-hybridized carbons (Fsp3) is 0.250. The number of hydrogen-bond acceptors (Lipinski definition) is 5. The quantitative estimate of drug-likeness (QED) is 0.572. The molecule has 4 rings (SSSR count). The summed E-state index contributed by atoms with van der Waals surface area (Å²) < 4.78 is 40.6. The highest BCUT2D eigenvalue weighted by atomic mass is 32.2. The summed E-state index contributed by atoms with van der Waals surface area (Å²) in [6.07, 6.45) is 0.809. The molecule has 1 N–H and O–H groups in total. The molecule has 2 aromatic carbocycles. The summed E-state index contributed by atoms with van der Waals surface area (Å²) in [4.78, 5) is 14.1. The highest BCUT2D eigenvalue weighted by Crippen LogP contribution is 2.29. The highest BCUT2D eigenvalue weighted by molar-refractivity contribution is 7.89. The Labute approximate surface area is 196 Å². The lowest BCUT2D eigenvalue weighted by molar-refractivity contribution is -0.126. The van der Waals surface area contributed by atoms with E-state index in [-0.39, 0.29) is 35.6 Å². The Morgan fingerprint density at radius 2 is 1.76 bits per heavy atom. The first-order valence-corrected chi connectivity index (χ1v) is 12.8. The maximum atomic E-state index is 13.4. The number of piperidine rings is 1. The van der Waals surface area contributed by atoms with E-state index >= 15 is 0 Å². The number of carbonyl (C=O) groups excluding carboxylic acids is 1. The number of rotatable bonds is 6. The number of carbonyl (C=O) groups is 1. The van der Waals surface area contributed by atoms with E-state index in [4.69, 9.17) is 5.26 Å². The lowest BCUT2D eigenvalue weighted by Crippen LogP contribution is -2.43. The minimum atomic E-state index is -3.68. The minimum absolute atomic E-state index is 0.137. The zero-order valence-corrected chi connectivity index (χ0v) is 19.3. The number of nitriles is 1. The molecule has 0 saturated carbocycles. The van der Waals surface area contributed by atoms with Crippen LogP contribution < -0.4 is 5.32 Å². The first kappa shape index (κ1) is 23.1. The van der Waals surface area contributed by atoms with Crippen LogP contribution in [0.2, 0.25) is 0 Å². The Balaban J connectivity index is 1.43. The molecular formula is C24H22FN3O3S2. The molecule has 0 aliphatic carbocycles. The van der Waals surface area contributed by atoms with Crippen LogP contribution in [-0.4, -0.2) is 31.7 Å². The molecule has 1 aliphatic rings. The average molecular weight is 484 g/mol. The van der Waals surface area contributed by atoms with Crippen molar-refractivity contribution in [1.29, 1.82) is 5.26 Å². The summed E-state index contributed by atoms with van der Waals surface area (Å²) in [5.74, 6) is -0.806. The summed E-state index contributed by atoms with van der Waals surface area (Å²) >= 11 is 1.51. The molecule has 6 nitrogen and oxygen atoms in total. The molecule has 1 saturated heterocycles. The van der Waals surface area contributed by atoms with E-state index in [1.165, 1.54) is 52.0 Å². The number of hydrogen-bond donors (Lipinski definition) is 1. The Morgan fingerprint density at radius 3 is 2.33 bits per heavy atom. The SMILES string of the molecule is N#Cc1ccc(S(=O)(=O)N2CCC(C(=O)N[C@@H](c3ccc(F)cc3)c3cccs3)CC2)cc1. The molecule has 9 heteroatoms. The highest BCUT2D eigenvalue weighted by Gasteiger charge is 2.33. The van der Waals surface area contributed by atoms with Gasteiger partial charge in [-0.3, -0.25) is 4.79 Å². The van der Waals surface area contributed by atoms with E-state index in [1.54, 1.807) is 12.1 Å². The number of nitrogens with zero attached hydrogens (tertiary/aromatic N) is 2. The van der Waals surface area contributed by atoms with Crippen molar-refractivity contribution >= 4 is 27.3 Å². The molecule has 170 valence electrons. The van der Waals surface area contributed by atoms with E-state index in [1.807, 2.05) is 23.6 Å². The van der Waals surface area contributed by atoms with Crippen LogP contribution in [0.3, 0.4) is 0 Å². The van der Waals surface area contributed by atoms with Crippen molar-refractivity contribution in [2.24, 2.45) is 5.92 Å². The fourth-order valence-corrected chi connectivity index (χ4v) is 6.17. The number of sulfonamides is 1. The molecule has 0 spiro atoms. The third-order valence-corrected chi connectivity index (χ3v) is 8.61. The normalized spacial score (nSPS) is 16.1. The average Bonchev–Trinajstić information content (AvgIpc) is 3.38. The standard InChI is InChI=1S/C24H22FN3O3S2/c25-20-7-5-18(6-8-20)23(22-2-1-15-32-22)27-24(29)19-11-13-28(14-12-19)33(30,31)21-9-3-17(16-26)4-10-21/h1-10,15,19,23H,11-14H2,(H,27,29)/t23-/m0/s1. The van der Waals surface area contributed by atoms with Gasteiger partial charge in [0.2, 0.25) is 15.9 Å². The Kier molecular flexibility index (Phi) is 6.88. The van der Waals surface area contributed by atoms with Crippen molar-refractivity contribution in [3.63, 3.8) is 0 Å². The molecule has 1 atom stereocenters. The smallest absolute Gasteiger partial charge is 0.243 e. The molecule has 3 aromatic rings. The van der Waals surface area contributed by atoms with Crippen molar-refractivity contribution < 1.29 is 17.6 Å². The van der Waals surface area contributed by atoms with Crippen molar-refractivity contribution in [3.8, 4) is 6.07 Å². The lowest BCUT2D eigenvalue weighted by Gasteiger charge is -2.31. The van der Waals surface area contributed by atoms with Crippen molar-refractivity contribution in [1.82, 2.24) is 9.62 Å². The number of amides is 1. The van der Waals surface area contributed by atoms with Gasteiger partial charge in [0, 0.05) is 23.9 Å². The number of halogens is 1. The van der Waals surface area contributed by atoms with Crippen LogP contribution in [0.4, 0.5) is 4.39 Å². The molecule has 2 heterocycles. The largest absolute Gasteiger partial charge is 0.344 e. The van der Waals surface area contributed by atoms with E-state index in [0.29, 0.717) is 18.4 Å². The van der Waals surface area contributed by atoms with E-state index < -0.39 is 16.1 Å². The molecule has 0 radical (unpaired) electrons. The summed E-state index contributed by atoms with van der Waals surface area (Å²) in [5, 5.41) is 13.9. The van der Waals surface area contributed by atoms with Crippen LogP contribution in [0.5, 0.6) is 0 Å². The van der Waals surface area contributed by atoms with Gasteiger partial charge < -0.3 is 5.32 Å². The van der Waals surface area contributed by atoms with Gasteiger partial charge in [0.25, 0.3) is 0 Å². The molecule has 33 heavy (non-hydrogen) atoms. The van der Waals surface area contributed by atoms with Gasteiger partial charge >= 0.3 is 0 Å². The summed E-state index contributed by atoms with van der Waals surface area (Å²) in [7, 11) is -3.68. The van der Waals surface area contributed by atoms with Crippen LogP contribution in [0.15, 0.2) is 70.9 Å². The third kappa shape index (κ3) is 5.14. The summed E-state index contributed by atoms with van der Waals surface area (Å²) in [5.41, 5.74) is 1.18. The van der Waals surface area contributed by atoms with Gasteiger partial charge in [0.15, 0.2) is 0 Å². The molecule has 0 bridgehead atoms. The van der Waals surface area contributed by atoms with Gasteiger partial charge in [-0.15, -0.1) is 11.3 Å². The number of benzene rings is 2. The molecule has 1 fully saturated rings. The maximum Gasteiger partial charge on any atom is 0.243 e. The van der Waals surface area contributed by atoms with Crippen LogP contribution in [0.1, 0.15) is 34.9 Å². The third-order valence-electron chi connectivity index (χ3n) is 5.76. The molecule has 1 aliphatic heterocycles. The minimum Gasteiger partial charge on any atom is -0.344 e. The molecule has 1 amide bonds. The Bertz CT molecular complexity index is 1240. The van der Waals surface area contributed by atoms with Gasteiger partial charge in [-0.2, -0.15) is 9.57 Å². The zero-order chi connectivity index (χ0) is 23.4. The van der Waals surface area contributed by atoms with Crippen LogP contribution in [0, 0.1) is 23.1 Å². The van der Waals surface area contributed by atoms with E-state index in [2.05, 4.69) is 5.32 Å². The second-order valence-corrected chi connectivity index (χ2v) is 10.7. The Morgan fingerprint density at radius 1 is 1.09 bits per heavy atom. The first-order chi connectivity index (χ1) is 15.9. The Hall–Kier alpha value is -3.06. The summed E-state index contributed by atoms with van der Waals surface area (Å²) in [6.45, 7) is 0.473. The van der Waals surface area contributed by atoms with Gasteiger partial charge in [0.05, 0.1) is 22.6 Å². The van der Waals surface area contributed by atoms with Crippen LogP contribution in [-0.2, 0) is 14.8 Å². The van der Waals surface area contributed by atoms with Gasteiger partial charge in [-0.05, 0) is 66.2 Å². The monoisotopic (exact) mass is 483 g/mol. The van der Waals surface area contributed by atoms with Crippen LogP contribution >= 0.6 is 11.3 Å². The molecule has 0 unspecified atom stereocenters. The number of thiophene rings is 1. The maximum absolute atomic E-state index is 13.4. The van der Waals surface area contributed by atoms with E-state index in [9.17, 15) is 17.6 Å². The fourth-order valence-electron chi connectivity index (χ4n) is 3.90. The van der Waals surface area contributed by atoms with Gasteiger partial charge in [0.1, 0.15) is 5.82 Å². The lowest BCUT2D eigenvalue weighted by atomic mass is 9.96. The van der Waals surface area contributed by atoms with Crippen LogP contribution in [0.25, 0.3) is 0 Å².